The number of hydrogen-bond donors (Lipinski definition) is 0. The van der Waals surface area contributed by atoms with Gasteiger partial charge in [-0.3, -0.25) is 48.5 Å². The van der Waals surface area contributed by atoms with Gasteiger partial charge in [0.15, 0.2) is 0 Å². The first-order valence-electron chi connectivity index (χ1n) is 36.7. The number of rotatable bonds is 8. The molecule has 0 aromatic heterocycles. The minimum Gasteiger partial charge on any atom is -0.358 e. The van der Waals surface area contributed by atoms with Gasteiger partial charge in [-0.1, -0.05) is 242 Å². The first-order valence-corrected chi connectivity index (χ1v) is 36.7. The van der Waals surface area contributed by atoms with Crippen molar-refractivity contribution in [2.75, 3.05) is 0 Å². The summed E-state index contributed by atoms with van der Waals surface area (Å²) < 4.78 is 0. The maximum atomic E-state index is 3.19. The zero-order valence-corrected chi connectivity index (χ0v) is 126. The largest absolute Gasteiger partial charge is 1.00 e. The first-order chi connectivity index (χ1) is 54.7. The molecule has 0 aliphatic heterocycles. The molecule has 0 amide bonds. The molecule has 0 fully saturated rings. The quantitative estimate of drug-likeness (QED) is 0.0808. The van der Waals surface area contributed by atoms with Crippen LogP contribution in [0.15, 0.2) is 461 Å². The van der Waals surface area contributed by atoms with Crippen molar-refractivity contribution in [3.05, 3.63) is 608 Å². The van der Waals surface area contributed by atoms with Crippen LogP contribution in [0, 0.1) is 103 Å². The van der Waals surface area contributed by atoms with Crippen molar-refractivity contribution < 1.29 is 752 Å². The summed E-state index contributed by atoms with van der Waals surface area (Å²) in [5.74, 6) is 0. The zero-order valence-electron chi connectivity index (χ0n) is 79.5. The van der Waals surface area contributed by atoms with Crippen molar-refractivity contribution in [3.8, 4) is 33.4 Å². The molecule has 0 atom stereocenters. The normalized spacial score (nSPS) is 9.36. The van der Waals surface area contributed by atoms with Gasteiger partial charge >= 0.3 is 719 Å². The van der Waals surface area contributed by atoms with Crippen molar-refractivity contribution in [3.63, 3.8) is 0 Å². The first kappa shape index (κ1) is 152. The van der Waals surface area contributed by atoms with Gasteiger partial charge in [0.05, 0.1) is 0 Å². The van der Waals surface area contributed by atoms with Crippen LogP contribution in [0.4, 0.5) is 0 Å². The minimum atomic E-state index is -0.368. The summed E-state index contributed by atoms with van der Waals surface area (Å²) in [6.07, 6.45) is 0. The van der Waals surface area contributed by atoms with E-state index in [-0.39, 0.29) is 793 Å². The van der Waals surface area contributed by atoms with E-state index in [1.807, 2.05) is 170 Å². The molecule has 563 valence electrons. The summed E-state index contributed by atoms with van der Waals surface area (Å²) in [5, 5.41) is 7.60. The fourth-order valence-corrected chi connectivity index (χ4v) is 14.0. The van der Waals surface area contributed by atoms with Gasteiger partial charge in [0.25, 0.3) is 0 Å². The van der Waals surface area contributed by atoms with E-state index in [0.29, 0.717) is 0 Å². The predicted octanol–water partition coefficient (Wildman–Crippen LogP) is -13.5. The van der Waals surface area contributed by atoms with Gasteiger partial charge < -0.3 is 54.0 Å². The summed E-state index contributed by atoms with van der Waals surface area (Å²) in [6, 6.07) is 193. The predicted molar refractivity (Wildman–Crippen MR) is 482 cm³/mol. The Bertz CT molecular complexity index is 5150. The summed E-state index contributed by atoms with van der Waals surface area (Å²) in [7, 11) is 0. The molecule has 0 saturated heterocycles. The Balaban J connectivity index is -0.000000271. The fraction of sp³-hybridized carbons (Fsp3) is 0.0175. The van der Waals surface area contributed by atoms with E-state index >= 15 is 0 Å². The van der Waals surface area contributed by atoms with Crippen LogP contribution in [0.25, 0.3) is 65.7 Å². The van der Waals surface area contributed by atoms with Crippen molar-refractivity contribution in [2.24, 2.45) is 0 Å². The molecule has 0 unspecified atom stereocenters. The SMILES string of the molecule is [CH3-].[CH3-].[CH3-].[CH3-].[K+].[K+].[K+].[K+].[K+].[K+].[K+].[K+].[K+].[K+].[K+].[K+].[K+].[K+].[Y].[c-]1cc[c-]cc1.[c-]1cc[c-]cc1.[c-]1ccc(-c2cc[c-]cc2)cc1.[c-]1ccc(C(c2cc[c-]cc2)(c2ccccc2)c2ccccc2)cc1.[c-]1ccc(C2(c3cc[c-]cc3)c3ccccc3-c3ccccc32)cc1.[c-]1ccc2cccc(-c3cccc4cc[c-]cc34)c2c1.c1ccc2ccccc2c1.c1ccccc1. The van der Waals surface area contributed by atoms with Crippen molar-refractivity contribution in [1.29, 1.82) is 0 Å². The van der Waals surface area contributed by atoms with E-state index in [9.17, 15) is 0 Å². The van der Waals surface area contributed by atoms with E-state index in [1.54, 1.807) is 0 Å². The molecule has 0 saturated carbocycles. The molecule has 1 aliphatic carbocycles. The fourth-order valence-electron chi connectivity index (χ4n) is 14.0. The van der Waals surface area contributed by atoms with E-state index in [1.165, 1.54) is 110 Å². The summed E-state index contributed by atoms with van der Waals surface area (Å²) in [6.45, 7) is 0. The van der Waals surface area contributed by atoms with Crippen LogP contribution in [0.3, 0.4) is 0 Å². The molecule has 15 heteroatoms. The molecule has 1 aliphatic rings. The summed E-state index contributed by atoms with van der Waals surface area (Å²) >= 11 is 0. The third-order valence-corrected chi connectivity index (χ3v) is 18.9. The van der Waals surface area contributed by atoms with Gasteiger partial charge in [-0.25, -0.2) is 0 Å². The Kier molecular flexibility index (Phi) is 106. The summed E-state index contributed by atoms with van der Waals surface area (Å²) in [4.78, 5) is 0. The minimum absolute atomic E-state index is 0. The van der Waals surface area contributed by atoms with Gasteiger partial charge in [0, 0.05) is 43.5 Å². The third-order valence-electron chi connectivity index (χ3n) is 18.9. The molecule has 0 spiro atoms. The van der Waals surface area contributed by atoms with E-state index in [0.717, 1.165) is 0 Å². The van der Waals surface area contributed by atoms with Gasteiger partial charge in [0.1, 0.15) is 0 Å². The smallest absolute Gasteiger partial charge is 0.358 e. The molecule has 0 bridgehead atoms. The number of hydrogen-bond acceptors (Lipinski definition) is 0. The average molecular weight is 2090 g/mol. The van der Waals surface area contributed by atoms with Crippen molar-refractivity contribution in [2.45, 2.75) is 10.8 Å². The molecule has 19 aromatic rings. The second kappa shape index (κ2) is 89.6. The van der Waals surface area contributed by atoms with Crippen LogP contribution < -0.4 is 719 Å². The summed E-state index contributed by atoms with van der Waals surface area (Å²) in [5.41, 5.74) is 17.1. The number of fused-ring (bicyclic) bond motifs is 6. The zero-order chi connectivity index (χ0) is 74.8. The standard InChI is InChI=1S/C25H16.C25H18.C20H12.C12H8.C10H8.C6H6.2C6H4.4CH3.14K.Y/c1-3-11-19(12-4-1)25(20-13-5-2-6-14-20)23-17-9-7-15-21(23)22-16-8-10-18-24(22)25;1-5-13-21(14-6-1)25(22-15-7-2-8-16-22,23-17-9-3-10-18-23)24-19-11-4-12-20-24;1-3-11-17-15(7-1)9-5-13-19(17)20-14-6-10-16-8-2-4-12-18(16)20;1-3-7-11(8-4-1)12-9-5-2-6-10-12;1-2-6-10-8-4-3-7-9(10)5-1;3*1-2-4-6-5-3-1;;;;;;;;;;;;;;;;;;;/h3-18H;1-2,5-20H;1-2,5-14H;3-10H;1-8H;1-6H;2*1-2,5-6H;4*1H3;;;;;;;;;;;;;;;/q4*-2;;;2*-2;4*-1;14*+1;. The molecule has 129 heavy (non-hydrogen) atoms. The van der Waals surface area contributed by atoms with Crippen LogP contribution in [0.1, 0.15) is 44.5 Å². The van der Waals surface area contributed by atoms with Crippen molar-refractivity contribution in [1.82, 2.24) is 0 Å². The molecular weight excluding hydrogens is 2010 g/mol. The van der Waals surface area contributed by atoms with Gasteiger partial charge in [-0.2, -0.15) is 242 Å². The Morgan fingerprint density at radius 3 is 0.667 bits per heavy atom. The molecule has 0 heterocycles. The van der Waals surface area contributed by atoms with Crippen LogP contribution in [-0.2, 0) is 43.5 Å². The van der Waals surface area contributed by atoms with Crippen LogP contribution in [0.2, 0.25) is 0 Å². The molecule has 20 rings (SSSR count). The molecular formula is C114H88K14Y-2. The Hall–Kier alpha value is 9.97. The maximum Gasteiger partial charge on any atom is 1.00 e. The topological polar surface area (TPSA) is 0 Å². The Morgan fingerprint density at radius 1 is 0.171 bits per heavy atom. The van der Waals surface area contributed by atoms with Crippen LogP contribution >= 0.6 is 0 Å². The third kappa shape index (κ3) is 46.6. The second-order valence-electron chi connectivity index (χ2n) is 25.5. The van der Waals surface area contributed by atoms with E-state index in [4.69, 9.17) is 0 Å². The second-order valence-corrected chi connectivity index (χ2v) is 25.5. The monoisotopic (exact) mass is 2090 g/mol. The van der Waals surface area contributed by atoms with Gasteiger partial charge in [-0.15, -0.1) is 43.8 Å². The van der Waals surface area contributed by atoms with E-state index in [2.05, 4.69) is 364 Å². The van der Waals surface area contributed by atoms with Gasteiger partial charge in [-0.05, 0) is 44.2 Å². The molecule has 1 radical (unpaired) electrons. The van der Waals surface area contributed by atoms with E-state index < -0.39 is 0 Å². The Morgan fingerprint density at radius 2 is 0.380 bits per heavy atom. The average Bonchev–Trinajstić information content (AvgIpc) is 1.49. The Labute approximate surface area is 1400 Å². The van der Waals surface area contributed by atoms with Crippen LogP contribution in [-0.4, -0.2) is 0 Å². The molecule has 0 N–H and O–H groups in total. The maximum absolute atomic E-state index is 3.19. The van der Waals surface area contributed by atoms with Crippen molar-refractivity contribution >= 4 is 32.3 Å². The molecule has 19 aromatic carbocycles. The number of benzene rings is 19. The van der Waals surface area contributed by atoms with Gasteiger partial charge in [0.2, 0.25) is 0 Å². The molecule has 0 nitrogen and oxygen atoms in total. The van der Waals surface area contributed by atoms with Crippen LogP contribution in [0.5, 0.6) is 0 Å².